The highest BCUT2D eigenvalue weighted by molar-refractivity contribution is 6.08. The number of amides is 1. The van der Waals surface area contributed by atoms with E-state index in [0.717, 1.165) is 0 Å². The van der Waals surface area contributed by atoms with Gasteiger partial charge in [0.05, 0.1) is 16.8 Å². The number of hydrogen-bond donors (Lipinski definition) is 3. The van der Waals surface area contributed by atoms with E-state index >= 15 is 0 Å². The molecular formula is C12H13N5O3. The zero-order valence-electron chi connectivity index (χ0n) is 10.7. The fourth-order valence-electron chi connectivity index (χ4n) is 1.77. The minimum absolute atomic E-state index is 0.00495. The summed E-state index contributed by atoms with van der Waals surface area (Å²) in [5.41, 5.74) is 0.514. The summed E-state index contributed by atoms with van der Waals surface area (Å²) in [6, 6.07) is 4.57. The van der Waals surface area contributed by atoms with Gasteiger partial charge < -0.3 is 10.6 Å². The second kappa shape index (κ2) is 5.83. The van der Waals surface area contributed by atoms with Crippen molar-refractivity contribution in [3.8, 4) is 0 Å². The summed E-state index contributed by atoms with van der Waals surface area (Å²) >= 11 is 0. The number of aromatic amines is 1. The quantitative estimate of drug-likeness (QED) is 0.570. The van der Waals surface area contributed by atoms with Crippen LogP contribution in [-0.4, -0.2) is 27.6 Å². The molecule has 0 atom stereocenters. The van der Waals surface area contributed by atoms with E-state index in [1.165, 1.54) is 18.5 Å². The van der Waals surface area contributed by atoms with Crippen LogP contribution in [0.25, 0.3) is 0 Å². The zero-order chi connectivity index (χ0) is 14.5. The van der Waals surface area contributed by atoms with Crippen LogP contribution in [0.1, 0.15) is 17.3 Å². The van der Waals surface area contributed by atoms with Crippen LogP contribution in [0.15, 0.2) is 30.6 Å². The van der Waals surface area contributed by atoms with Crippen LogP contribution < -0.4 is 10.6 Å². The smallest absolute Gasteiger partial charge is 0.305 e. The fourth-order valence-corrected chi connectivity index (χ4v) is 1.77. The maximum Gasteiger partial charge on any atom is 0.305 e. The average Bonchev–Trinajstić information content (AvgIpc) is 2.91. The summed E-state index contributed by atoms with van der Waals surface area (Å²) in [6.07, 6.45) is 2.90. The lowest BCUT2D eigenvalue weighted by molar-refractivity contribution is -0.384. The van der Waals surface area contributed by atoms with E-state index < -0.39 is 10.8 Å². The van der Waals surface area contributed by atoms with Crippen LogP contribution in [0, 0.1) is 10.1 Å². The third-order valence-electron chi connectivity index (χ3n) is 2.59. The Balaban J connectivity index is 2.37. The number of carbonyl (C=O) groups is 1. The van der Waals surface area contributed by atoms with Gasteiger partial charge in [0.25, 0.3) is 5.91 Å². The van der Waals surface area contributed by atoms with Crippen molar-refractivity contribution in [1.82, 2.24) is 10.2 Å². The average molecular weight is 275 g/mol. The van der Waals surface area contributed by atoms with Gasteiger partial charge in [-0.3, -0.25) is 20.0 Å². The van der Waals surface area contributed by atoms with Gasteiger partial charge in [-0.1, -0.05) is 6.07 Å². The summed E-state index contributed by atoms with van der Waals surface area (Å²) in [4.78, 5) is 22.7. The molecule has 20 heavy (non-hydrogen) atoms. The Hall–Kier alpha value is -2.90. The van der Waals surface area contributed by atoms with Gasteiger partial charge in [-0.2, -0.15) is 5.10 Å². The number of nitrogens with one attached hydrogen (secondary N) is 3. The molecule has 0 aliphatic carbocycles. The van der Waals surface area contributed by atoms with Crippen LogP contribution in [0.3, 0.4) is 0 Å². The van der Waals surface area contributed by atoms with E-state index in [0.29, 0.717) is 17.9 Å². The van der Waals surface area contributed by atoms with Crippen molar-refractivity contribution in [1.29, 1.82) is 0 Å². The first-order valence-electron chi connectivity index (χ1n) is 5.95. The van der Waals surface area contributed by atoms with E-state index in [2.05, 4.69) is 20.8 Å². The topological polar surface area (TPSA) is 113 Å². The van der Waals surface area contributed by atoms with E-state index in [1.807, 2.05) is 6.92 Å². The van der Waals surface area contributed by atoms with Gasteiger partial charge in [0.2, 0.25) is 0 Å². The van der Waals surface area contributed by atoms with Crippen molar-refractivity contribution in [3.05, 3.63) is 46.3 Å². The normalized spacial score (nSPS) is 10.1. The summed E-state index contributed by atoms with van der Waals surface area (Å²) in [6.45, 7) is 2.34. The largest absolute Gasteiger partial charge is 0.380 e. The Bertz CT molecular complexity index is 624. The Morgan fingerprint density at radius 1 is 1.50 bits per heavy atom. The van der Waals surface area contributed by atoms with Gasteiger partial charge in [-0.15, -0.1) is 0 Å². The number of nitro groups is 1. The number of nitro benzene ring substituents is 1. The lowest BCUT2D eigenvalue weighted by atomic mass is 10.1. The van der Waals surface area contributed by atoms with Crippen molar-refractivity contribution >= 4 is 23.0 Å². The Morgan fingerprint density at radius 2 is 2.30 bits per heavy atom. The molecule has 0 saturated heterocycles. The molecule has 8 nitrogen and oxygen atoms in total. The number of nitrogens with zero attached hydrogens (tertiary/aromatic N) is 2. The van der Waals surface area contributed by atoms with E-state index in [4.69, 9.17) is 0 Å². The summed E-state index contributed by atoms with van der Waals surface area (Å²) in [5, 5.41) is 22.8. The number of H-pyrrole nitrogens is 1. The Morgan fingerprint density at radius 3 is 2.90 bits per heavy atom. The highest BCUT2D eigenvalue weighted by Gasteiger charge is 2.24. The SMILES string of the molecule is CCNc1cccc(C(=O)Nc2cn[nH]c2)c1[N+](=O)[O-]. The highest BCUT2D eigenvalue weighted by atomic mass is 16.6. The molecule has 1 aromatic carbocycles. The van der Waals surface area contributed by atoms with E-state index in [1.54, 1.807) is 12.1 Å². The minimum Gasteiger partial charge on any atom is -0.380 e. The molecule has 0 bridgehead atoms. The Labute approximate surface area is 114 Å². The van der Waals surface area contributed by atoms with Crippen LogP contribution in [0.4, 0.5) is 17.1 Å². The monoisotopic (exact) mass is 275 g/mol. The molecule has 1 amide bonds. The van der Waals surface area contributed by atoms with Crippen LogP contribution >= 0.6 is 0 Å². The maximum atomic E-state index is 12.1. The summed E-state index contributed by atoms with van der Waals surface area (Å²) in [5.74, 6) is -0.558. The Kier molecular flexibility index (Phi) is 3.94. The number of benzene rings is 1. The molecule has 3 N–H and O–H groups in total. The molecule has 1 heterocycles. The van der Waals surface area contributed by atoms with Crippen LogP contribution in [0.2, 0.25) is 0 Å². The lowest BCUT2D eigenvalue weighted by Crippen LogP contribution is -2.15. The van der Waals surface area contributed by atoms with Crippen molar-refractivity contribution in [2.24, 2.45) is 0 Å². The minimum atomic E-state index is -0.567. The van der Waals surface area contributed by atoms with Gasteiger partial charge in [0.15, 0.2) is 0 Å². The molecule has 1 aromatic heterocycles. The number of rotatable bonds is 5. The molecular weight excluding hydrogens is 262 g/mol. The molecule has 0 radical (unpaired) electrons. The summed E-state index contributed by atoms with van der Waals surface area (Å²) < 4.78 is 0. The second-order valence-electron chi connectivity index (χ2n) is 3.93. The van der Waals surface area contributed by atoms with Crippen molar-refractivity contribution in [2.45, 2.75) is 6.92 Å². The predicted octanol–water partition coefficient (Wildman–Crippen LogP) is 2.00. The molecule has 0 spiro atoms. The third kappa shape index (κ3) is 2.74. The van der Waals surface area contributed by atoms with Gasteiger partial charge >= 0.3 is 5.69 Å². The molecule has 0 unspecified atom stereocenters. The lowest BCUT2D eigenvalue weighted by Gasteiger charge is -2.08. The van der Waals surface area contributed by atoms with Gasteiger partial charge in [-0.25, -0.2) is 0 Å². The molecule has 0 saturated carbocycles. The molecule has 2 rings (SSSR count). The molecule has 2 aromatic rings. The number of para-hydroxylation sites is 1. The van der Waals surface area contributed by atoms with Gasteiger partial charge in [0.1, 0.15) is 11.3 Å². The van der Waals surface area contributed by atoms with E-state index in [9.17, 15) is 14.9 Å². The zero-order valence-corrected chi connectivity index (χ0v) is 10.7. The molecule has 8 heteroatoms. The predicted molar refractivity (Wildman–Crippen MR) is 73.8 cm³/mol. The van der Waals surface area contributed by atoms with Gasteiger partial charge in [-0.05, 0) is 19.1 Å². The number of aromatic nitrogens is 2. The first-order valence-corrected chi connectivity index (χ1v) is 5.95. The second-order valence-corrected chi connectivity index (χ2v) is 3.93. The number of hydrogen-bond acceptors (Lipinski definition) is 5. The van der Waals surface area contributed by atoms with Crippen molar-refractivity contribution in [3.63, 3.8) is 0 Å². The molecule has 104 valence electrons. The first-order chi connectivity index (χ1) is 9.63. The fraction of sp³-hybridized carbons (Fsp3) is 0.167. The summed E-state index contributed by atoms with van der Waals surface area (Å²) in [7, 11) is 0. The van der Waals surface area contributed by atoms with E-state index in [-0.39, 0.29) is 11.3 Å². The van der Waals surface area contributed by atoms with Crippen LogP contribution in [-0.2, 0) is 0 Å². The van der Waals surface area contributed by atoms with Gasteiger partial charge in [0, 0.05) is 12.7 Å². The van der Waals surface area contributed by atoms with Crippen molar-refractivity contribution in [2.75, 3.05) is 17.2 Å². The number of carbonyl (C=O) groups excluding carboxylic acids is 1. The molecule has 0 aliphatic heterocycles. The maximum absolute atomic E-state index is 12.1. The third-order valence-corrected chi connectivity index (χ3v) is 2.59. The highest BCUT2D eigenvalue weighted by Crippen LogP contribution is 2.29. The first kappa shape index (κ1) is 13.5. The standard InChI is InChI=1S/C12H13N5O3/c1-2-13-10-5-3-4-9(11(10)17(19)20)12(18)16-8-6-14-15-7-8/h3-7,13H,2H2,1H3,(H,14,15)(H,16,18). The number of anilines is 2. The molecule has 0 aliphatic rings. The molecule has 0 fully saturated rings. The van der Waals surface area contributed by atoms with Crippen LogP contribution in [0.5, 0.6) is 0 Å². The van der Waals surface area contributed by atoms with Crippen molar-refractivity contribution < 1.29 is 9.72 Å².